The summed E-state index contributed by atoms with van der Waals surface area (Å²) in [6.45, 7) is 8.07. The average Bonchev–Trinajstić information content (AvgIpc) is 2.37. The molecule has 0 saturated heterocycles. The molecule has 1 atom stereocenters. The van der Waals surface area contributed by atoms with Gasteiger partial charge in [0.15, 0.2) is 0 Å². The summed E-state index contributed by atoms with van der Waals surface area (Å²) in [7, 11) is 1.69. The third kappa shape index (κ3) is 5.52. The van der Waals surface area contributed by atoms with Crippen LogP contribution in [-0.2, 0) is 4.74 Å². The Morgan fingerprint density at radius 2 is 2.00 bits per heavy atom. The molecule has 1 unspecified atom stereocenters. The highest BCUT2D eigenvalue weighted by atomic mass is 16.5. The van der Waals surface area contributed by atoms with E-state index in [4.69, 9.17) is 9.47 Å². The second-order valence-corrected chi connectivity index (χ2v) is 4.73. The van der Waals surface area contributed by atoms with Crippen LogP contribution in [0.4, 0.5) is 0 Å². The Morgan fingerprint density at radius 3 is 2.67 bits per heavy atom. The lowest BCUT2D eigenvalue weighted by atomic mass is 10.1. The van der Waals surface area contributed by atoms with Crippen molar-refractivity contribution >= 4 is 0 Å². The van der Waals surface area contributed by atoms with Crippen LogP contribution in [0.3, 0.4) is 0 Å². The van der Waals surface area contributed by atoms with Crippen molar-refractivity contribution in [1.82, 2.24) is 5.32 Å². The summed E-state index contributed by atoms with van der Waals surface area (Å²) in [6, 6.07) is 8.51. The van der Waals surface area contributed by atoms with E-state index in [-0.39, 0.29) is 0 Å². The molecule has 102 valence electrons. The Morgan fingerprint density at radius 1 is 1.22 bits per heavy atom. The zero-order valence-corrected chi connectivity index (χ0v) is 11.9. The normalized spacial score (nSPS) is 12.7. The van der Waals surface area contributed by atoms with Crippen molar-refractivity contribution in [2.45, 2.75) is 39.3 Å². The van der Waals surface area contributed by atoms with Gasteiger partial charge in [-0.1, -0.05) is 12.1 Å². The van der Waals surface area contributed by atoms with Gasteiger partial charge in [-0.05, 0) is 51.4 Å². The standard InChI is InChI=1S/C15H25NO2/c1-12(2)18-10-6-9-16-13(3)14-7-5-8-15(11-14)17-4/h5,7-8,11-13,16H,6,9-10H2,1-4H3. The number of nitrogens with one attached hydrogen (secondary N) is 1. The summed E-state index contributed by atoms with van der Waals surface area (Å²) >= 11 is 0. The number of methoxy groups -OCH3 is 1. The minimum Gasteiger partial charge on any atom is -0.497 e. The van der Waals surface area contributed by atoms with Gasteiger partial charge in [0.25, 0.3) is 0 Å². The van der Waals surface area contributed by atoms with Crippen LogP contribution >= 0.6 is 0 Å². The van der Waals surface area contributed by atoms with Gasteiger partial charge in [-0.15, -0.1) is 0 Å². The van der Waals surface area contributed by atoms with E-state index in [9.17, 15) is 0 Å². The molecule has 0 heterocycles. The molecule has 0 aliphatic rings. The van der Waals surface area contributed by atoms with Crippen LogP contribution in [0.1, 0.15) is 38.8 Å². The molecule has 0 spiro atoms. The quantitative estimate of drug-likeness (QED) is 0.720. The fraction of sp³-hybridized carbons (Fsp3) is 0.600. The highest BCUT2D eigenvalue weighted by molar-refractivity contribution is 5.30. The van der Waals surface area contributed by atoms with E-state index in [1.807, 2.05) is 12.1 Å². The maximum Gasteiger partial charge on any atom is 0.119 e. The van der Waals surface area contributed by atoms with Crippen molar-refractivity contribution in [2.24, 2.45) is 0 Å². The zero-order chi connectivity index (χ0) is 13.4. The van der Waals surface area contributed by atoms with Crippen molar-refractivity contribution in [1.29, 1.82) is 0 Å². The number of ether oxygens (including phenoxy) is 2. The van der Waals surface area contributed by atoms with Crippen LogP contribution in [0.25, 0.3) is 0 Å². The molecular weight excluding hydrogens is 226 g/mol. The van der Waals surface area contributed by atoms with E-state index in [1.165, 1.54) is 5.56 Å². The average molecular weight is 251 g/mol. The fourth-order valence-electron chi connectivity index (χ4n) is 1.74. The molecular formula is C15H25NO2. The lowest BCUT2D eigenvalue weighted by Crippen LogP contribution is -2.21. The highest BCUT2D eigenvalue weighted by Gasteiger charge is 2.05. The molecule has 1 aromatic rings. The third-order valence-corrected chi connectivity index (χ3v) is 2.82. The Bertz CT molecular complexity index is 339. The highest BCUT2D eigenvalue weighted by Crippen LogP contribution is 2.18. The van der Waals surface area contributed by atoms with Crippen molar-refractivity contribution in [3.8, 4) is 5.75 Å². The molecule has 1 aromatic carbocycles. The van der Waals surface area contributed by atoms with Crippen molar-refractivity contribution in [3.63, 3.8) is 0 Å². The van der Waals surface area contributed by atoms with Gasteiger partial charge in [0.2, 0.25) is 0 Å². The molecule has 0 aliphatic heterocycles. The summed E-state index contributed by atoms with van der Waals surface area (Å²) in [5, 5.41) is 3.49. The Kier molecular flexibility index (Phi) is 6.76. The van der Waals surface area contributed by atoms with Crippen LogP contribution in [0.15, 0.2) is 24.3 Å². The van der Waals surface area contributed by atoms with E-state index in [1.54, 1.807) is 7.11 Å². The molecule has 1 rings (SSSR count). The predicted octanol–water partition coefficient (Wildman–Crippen LogP) is 3.16. The second-order valence-electron chi connectivity index (χ2n) is 4.73. The molecule has 0 radical (unpaired) electrons. The van der Waals surface area contributed by atoms with Crippen LogP contribution in [0.2, 0.25) is 0 Å². The lowest BCUT2D eigenvalue weighted by Gasteiger charge is -2.15. The summed E-state index contributed by atoms with van der Waals surface area (Å²) in [5.41, 5.74) is 1.25. The van der Waals surface area contributed by atoms with Crippen LogP contribution < -0.4 is 10.1 Å². The first-order valence-electron chi connectivity index (χ1n) is 6.62. The third-order valence-electron chi connectivity index (χ3n) is 2.82. The van der Waals surface area contributed by atoms with Crippen LogP contribution in [-0.4, -0.2) is 26.4 Å². The predicted molar refractivity (Wildman–Crippen MR) is 75.1 cm³/mol. The summed E-state index contributed by atoms with van der Waals surface area (Å²) in [6.07, 6.45) is 1.35. The molecule has 18 heavy (non-hydrogen) atoms. The van der Waals surface area contributed by atoms with Gasteiger partial charge in [0, 0.05) is 12.6 Å². The first kappa shape index (κ1) is 15.0. The maximum absolute atomic E-state index is 5.51. The van der Waals surface area contributed by atoms with Gasteiger partial charge in [-0.2, -0.15) is 0 Å². The fourth-order valence-corrected chi connectivity index (χ4v) is 1.74. The van der Waals surface area contributed by atoms with Crippen molar-refractivity contribution in [3.05, 3.63) is 29.8 Å². The molecule has 3 nitrogen and oxygen atoms in total. The van der Waals surface area contributed by atoms with Gasteiger partial charge in [-0.25, -0.2) is 0 Å². The number of hydrogen-bond donors (Lipinski definition) is 1. The molecule has 0 bridgehead atoms. The molecule has 3 heteroatoms. The molecule has 0 fully saturated rings. The van der Waals surface area contributed by atoms with E-state index >= 15 is 0 Å². The van der Waals surface area contributed by atoms with Gasteiger partial charge < -0.3 is 14.8 Å². The number of rotatable bonds is 8. The van der Waals surface area contributed by atoms with Gasteiger partial charge in [0.1, 0.15) is 5.75 Å². The van der Waals surface area contributed by atoms with E-state index in [2.05, 4.69) is 38.2 Å². The minimum atomic E-state index is 0.320. The molecule has 0 saturated carbocycles. The Balaban J connectivity index is 2.29. The lowest BCUT2D eigenvalue weighted by molar-refractivity contribution is 0.0768. The molecule has 1 N–H and O–H groups in total. The maximum atomic E-state index is 5.51. The van der Waals surface area contributed by atoms with Crippen LogP contribution in [0.5, 0.6) is 5.75 Å². The minimum absolute atomic E-state index is 0.320. The molecule has 0 aromatic heterocycles. The van der Waals surface area contributed by atoms with E-state index in [0.717, 1.165) is 25.3 Å². The van der Waals surface area contributed by atoms with Crippen LogP contribution in [0, 0.1) is 0 Å². The molecule has 0 aliphatic carbocycles. The summed E-state index contributed by atoms with van der Waals surface area (Å²) < 4.78 is 10.7. The van der Waals surface area contributed by atoms with Crippen molar-refractivity contribution < 1.29 is 9.47 Å². The monoisotopic (exact) mass is 251 g/mol. The number of hydrogen-bond acceptors (Lipinski definition) is 3. The zero-order valence-electron chi connectivity index (χ0n) is 11.9. The Labute approximate surface area is 110 Å². The SMILES string of the molecule is COc1cccc(C(C)NCCCOC(C)C)c1. The van der Waals surface area contributed by atoms with E-state index in [0.29, 0.717) is 12.1 Å². The number of benzene rings is 1. The topological polar surface area (TPSA) is 30.5 Å². The Hall–Kier alpha value is -1.06. The summed E-state index contributed by atoms with van der Waals surface area (Å²) in [4.78, 5) is 0. The van der Waals surface area contributed by atoms with Gasteiger partial charge >= 0.3 is 0 Å². The largest absolute Gasteiger partial charge is 0.497 e. The first-order chi connectivity index (χ1) is 8.63. The van der Waals surface area contributed by atoms with Gasteiger partial charge in [-0.3, -0.25) is 0 Å². The summed E-state index contributed by atoms with van der Waals surface area (Å²) in [5.74, 6) is 0.907. The molecule has 0 amide bonds. The van der Waals surface area contributed by atoms with Gasteiger partial charge in [0.05, 0.1) is 13.2 Å². The van der Waals surface area contributed by atoms with Crippen molar-refractivity contribution in [2.75, 3.05) is 20.3 Å². The second kappa shape index (κ2) is 8.11. The first-order valence-corrected chi connectivity index (χ1v) is 6.62. The van der Waals surface area contributed by atoms with E-state index < -0.39 is 0 Å². The smallest absolute Gasteiger partial charge is 0.119 e.